The van der Waals surface area contributed by atoms with E-state index in [0.717, 1.165) is 6.42 Å². The predicted octanol–water partition coefficient (Wildman–Crippen LogP) is 0.537. The summed E-state index contributed by atoms with van der Waals surface area (Å²) in [7, 11) is 0. The maximum atomic E-state index is 11.9. The quantitative estimate of drug-likeness (QED) is 0.684. The van der Waals surface area contributed by atoms with E-state index in [-0.39, 0.29) is 6.03 Å². The molecule has 1 aliphatic rings. The SMILES string of the molecule is CCCC1(C(=O)O)CCN(C(=O)NC(C)C(N)=O)CC1. The first-order valence-corrected chi connectivity index (χ1v) is 6.90. The van der Waals surface area contributed by atoms with Crippen molar-refractivity contribution in [3.05, 3.63) is 0 Å². The van der Waals surface area contributed by atoms with E-state index in [2.05, 4.69) is 5.32 Å². The first-order valence-electron chi connectivity index (χ1n) is 6.90. The number of carboxylic acids is 1. The van der Waals surface area contributed by atoms with Crippen LogP contribution in [-0.2, 0) is 9.59 Å². The van der Waals surface area contributed by atoms with Crippen molar-refractivity contribution >= 4 is 17.9 Å². The van der Waals surface area contributed by atoms with Gasteiger partial charge in [-0.05, 0) is 26.2 Å². The number of urea groups is 1. The molecule has 1 saturated heterocycles. The van der Waals surface area contributed by atoms with Gasteiger partial charge in [-0.2, -0.15) is 0 Å². The second-order valence-corrected chi connectivity index (χ2v) is 5.40. The molecule has 0 radical (unpaired) electrons. The molecule has 114 valence electrons. The van der Waals surface area contributed by atoms with Crippen LogP contribution < -0.4 is 11.1 Å². The van der Waals surface area contributed by atoms with Gasteiger partial charge in [-0.1, -0.05) is 13.3 Å². The molecule has 1 aliphatic heterocycles. The average molecular weight is 285 g/mol. The van der Waals surface area contributed by atoms with E-state index in [1.54, 1.807) is 0 Å². The molecular formula is C13H23N3O4. The van der Waals surface area contributed by atoms with Gasteiger partial charge in [0.1, 0.15) is 6.04 Å². The number of carboxylic acid groups (broad SMARTS) is 1. The summed E-state index contributed by atoms with van der Waals surface area (Å²) >= 11 is 0. The number of aliphatic carboxylic acids is 1. The second kappa shape index (κ2) is 6.58. The van der Waals surface area contributed by atoms with Crippen LogP contribution in [-0.4, -0.2) is 47.0 Å². The van der Waals surface area contributed by atoms with Crippen LogP contribution in [0.1, 0.15) is 39.5 Å². The Bertz CT molecular complexity index is 389. The molecule has 0 aliphatic carbocycles. The fourth-order valence-electron chi connectivity index (χ4n) is 2.53. The summed E-state index contributed by atoms with van der Waals surface area (Å²) in [6.07, 6.45) is 2.30. The third-order valence-electron chi connectivity index (χ3n) is 3.96. The highest BCUT2D eigenvalue weighted by atomic mass is 16.4. The Morgan fingerprint density at radius 3 is 2.30 bits per heavy atom. The Labute approximate surface area is 118 Å². The molecule has 1 unspecified atom stereocenters. The molecule has 0 bridgehead atoms. The second-order valence-electron chi connectivity index (χ2n) is 5.40. The molecule has 0 aromatic heterocycles. The van der Waals surface area contributed by atoms with Gasteiger partial charge in [0.15, 0.2) is 0 Å². The predicted molar refractivity (Wildman–Crippen MR) is 73.0 cm³/mol. The van der Waals surface area contributed by atoms with Gasteiger partial charge >= 0.3 is 12.0 Å². The van der Waals surface area contributed by atoms with Crippen molar-refractivity contribution in [3.63, 3.8) is 0 Å². The zero-order valence-electron chi connectivity index (χ0n) is 12.0. The molecule has 7 nitrogen and oxygen atoms in total. The first kappa shape index (κ1) is 16.3. The number of nitrogens with zero attached hydrogens (tertiary/aromatic N) is 1. The fourth-order valence-corrected chi connectivity index (χ4v) is 2.53. The lowest BCUT2D eigenvalue weighted by Gasteiger charge is -2.39. The molecule has 0 saturated carbocycles. The number of amides is 3. The maximum absolute atomic E-state index is 11.9. The fraction of sp³-hybridized carbons (Fsp3) is 0.769. The van der Waals surface area contributed by atoms with E-state index in [1.165, 1.54) is 11.8 Å². The number of piperidine rings is 1. The highest BCUT2D eigenvalue weighted by Crippen LogP contribution is 2.36. The number of likely N-dealkylation sites (tertiary alicyclic amines) is 1. The van der Waals surface area contributed by atoms with Crippen molar-refractivity contribution < 1.29 is 19.5 Å². The van der Waals surface area contributed by atoms with Gasteiger partial charge in [-0.25, -0.2) is 4.79 Å². The Morgan fingerprint density at radius 1 is 1.35 bits per heavy atom. The number of rotatable bonds is 5. The first-order chi connectivity index (χ1) is 9.32. The minimum absolute atomic E-state index is 0.369. The largest absolute Gasteiger partial charge is 0.481 e. The molecule has 20 heavy (non-hydrogen) atoms. The van der Waals surface area contributed by atoms with E-state index >= 15 is 0 Å². The minimum Gasteiger partial charge on any atom is -0.481 e. The Kier molecular flexibility index (Phi) is 5.35. The van der Waals surface area contributed by atoms with Crippen LogP contribution in [0.4, 0.5) is 4.79 Å². The van der Waals surface area contributed by atoms with Gasteiger partial charge in [-0.15, -0.1) is 0 Å². The lowest BCUT2D eigenvalue weighted by molar-refractivity contribution is -0.152. The molecule has 0 spiro atoms. The number of nitrogens with two attached hydrogens (primary N) is 1. The molecule has 1 fully saturated rings. The number of hydrogen-bond donors (Lipinski definition) is 3. The van der Waals surface area contributed by atoms with Crippen molar-refractivity contribution in [3.8, 4) is 0 Å². The summed E-state index contributed by atoms with van der Waals surface area (Å²) in [6.45, 7) is 4.23. The summed E-state index contributed by atoms with van der Waals surface area (Å²) in [5.74, 6) is -1.38. The number of hydrogen-bond acceptors (Lipinski definition) is 3. The highest BCUT2D eigenvalue weighted by molar-refractivity contribution is 5.85. The minimum atomic E-state index is -0.787. The van der Waals surface area contributed by atoms with Crippen LogP contribution in [0.2, 0.25) is 0 Å². The topological polar surface area (TPSA) is 113 Å². The lowest BCUT2D eigenvalue weighted by Crippen LogP contribution is -2.53. The molecule has 0 aromatic carbocycles. The summed E-state index contributed by atoms with van der Waals surface area (Å²) in [6, 6.07) is -1.10. The summed E-state index contributed by atoms with van der Waals surface area (Å²) in [5.41, 5.74) is 4.36. The monoisotopic (exact) mass is 285 g/mol. The van der Waals surface area contributed by atoms with Gasteiger partial charge in [-0.3, -0.25) is 9.59 Å². The van der Waals surface area contributed by atoms with Gasteiger partial charge in [0.25, 0.3) is 0 Å². The summed E-state index contributed by atoms with van der Waals surface area (Å²) in [5, 5.41) is 11.9. The zero-order chi connectivity index (χ0) is 15.3. The number of nitrogens with one attached hydrogen (secondary N) is 1. The van der Waals surface area contributed by atoms with Crippen LogP contribution in [0.15, 0.2) is 0 Å². The van der Waals surface area contributed by atoms with E-state index in [9.17, 15) is 19.5 Å². The third-order valence-corrected chi connectivity index (χ3v) is 3.96. The van der Waals surface area contributed by atoms with Crippen molar-refractivity contribution in [1.82, 2.24) is 10.2 Å². The van der Waals surface area contributed by atoms with Crippen LogP contribution in [0, 0.1) is 5.41 Å². The van der Waals surface area contributed by atoms with Gasteiger partial charge in [0.05, 0.1) is 5.41 Å². The third kappa shape index (κ3) is 3.61. The Hall–Kier alpha value is -1.79. The molecule has 1 atom stereocenters. The average Bonchev–Trinajstić information content (AvgIpc) is 2.39. The molecular weight excluding hydrogens is 262 g/mol. The molecule has 4 N–H and O–H groups in total. The molecule has 1 rings (SSSR count). The van der Waals surface area contributed by atoms with E-state index in [1.807, 2.05) is 6.92 Å². The highest BCUT2D eigenvalue weighted by Gasteiger charge is 2.41. The normalized spacial score (nSPS) is 19.2. The molecule has 1 heterocycles. The Balaban J connectivity index is 2.58. The van der Waals surface area contributed by atoms with Crippen LogP contribution in [0.5, 0.6) is 0 Å². The van der Waals surface area contributed by atoms with Crippen LogP contribution in [0.25, 0.3) is 0 Å². The molecule has 3 amide bonds. The van der Waals surface area contributed by atoms with Crippen LogP contribution in [0.3, 0.4) is 0 Å². The standard InChI is InChI=1S/C13H23N3O4/c1-3-4-13(11(18)19)5-7-16(8-6-13)12(20)15-9(2)10(14)17/h9H,3-8H2,1-2H3,(H2,14,17)(H,15,20)(H,18,19). The molecule has 7 heteroatoms. The van der Waals surface area contributed by atoms with Gasteiger partial charge < -0.3 is 21.1 Å². The Morgan fingerprint density at radius 2 is 1.90 bits per heavy atom. The number of primary amides is 1. The van der Waals surface area contributed by atoms with E-state index < -0.39 is 23.3 Å². The van der Waals surface area contributed by atoms with Crippen molar-refractivity contribution in [2.75, 3.05) is 13.1 Å². The smallest absolute Gasteiger partial charge is 0.318 e. The number of carbonyl (C=O) groups excluding carboxylic acids is 2. The van der Waals surface area contributed by atoms with E-state index in [0.29, 0.717) is 32.4 Å². The van der Waals surface area contributed by atoms with Crippen molar-refractivity contribution in [2.24, 2.45) is 11.1 Å². The van der Waals surface area contributed by atoms with Crippen LogP contribution >= 0.6 is 0 Å². The zero-order valence-corrected chi connectivity index (χ0v) is 12.0. The maximum Gasteiger partial charge on any atom is 0.318 e. The van der Waals surface area contributed by atoms with Gasteiger partial charge in [0.2, 0.25) is 5.91 Å². The number of carbonyl (C=O) groups is 3. The lowest BCUT2D eigenvalue weighted by atomic mass is 9.75. The molecule has 0 aromatic rings. The summed E-state index contributed by atoms with van der Waals surface area (Å²) < 4.78 is 0. The van der Waals surface area contributed by atoms with Crippen molar-refractivity contribution in [2.45, 2.75) is 45.6 Å². The van der Waals surface area contributed by atoms with E-state index in [4.69, 9.17) is 5.73 Å². The van der Waals surface area contributed by atoms with Gasteiger partial charge in [0, 0.05) is 13.1 Å². The van der Waals surface area contributed by atoms with Crippen molar-refractivity contribution in [1.29, 1.82) is 0 Å². The summed E-state index contributed by atoms with van der Waals surface area (Å²) in [4.78, 5) is 35.8.